The van der Waals surface area contributed by atoms with Crippen LogP contribution in [0.25, 0.3) is 0 Å². The number of nitrogens with one attached hydrogen (secondary N) is 1. The number of nitrogens with zero attached hydrogens (tertiary/aromatic N) is 1. The Morgan fingerprint density at radius 3 is 2.54 bits per heavy atom. The largest absolute Gasteiger partial charge is 0.493 e. The summed E-state index contributed by atoms with van der Waals surface area (Å²) in [7, 11) is 1.58. The van der Waals surface area contributed by atoms with Crippen molar-refractivity contribution in [2.75, 3.05) is 39.9 Å². The Bertz CT molecular complexity index is 811. The number of rotatable bonds is 6. The van der Waals surface area contributed by atoms with Gasteiger partial charge in [-0.1, -0.05) is 29.3 Å². The fourth-order valence-corrected chi connectivity index (χ4v) is 3.47. The number of benzene rings is 2. The molecule has 0 bridgehead atoms. The molecule has 152 valence electrons. The lowest BCUT2D eigenvalue weighted by Crippen LogP contribution is -2.46. The van der Waals surface area contributed by atoms with E-state index in [9.17, 15) is 4.79 Å². The lowest BCUT2D eigenvalue weighted by molar-refractivity contribution is 0.0735. The Morgan fingerprint density at radius 2 is 1.86 bits per heavy atom. The van der Waals surface area contributed by atoms with E-state index in [0.29, 0.717) is 53.2 Å². The number of methoxy groups -OCH3 is 1. The summed E-state index contributed by atoms with van der Waals surface area (Å²) in [6, 6.07) is 10.7. The Morgan fingerprint density at radius 1 is 1.11 bits per heavy atom. The zero-order valence-corrected chi connectivity index (χ0v) is 17.9. The number of ether oxygens (including phenoxy) is 2. The van der Waals surface area contributed by atoms with Gasteiger partial charge in [-0.15, -0.1) is 12.4 Å². The van der Waals surface area contributed by atoms with Gasteiger partial charge in [0.2, 0.25) is 0 Å². The molecule has 1 fully saturated rings. The van der Waals surface area contributed by atoms with E-state index < -0.39 is 0 Å². The number of halogens is 3. The van der Waals surface area contributed by atoms with Crippen LogP contribution in [0.1, 0.15) is 15.9 Å². The van der Waals surface area contributed by atoms with Crippen LogP contribution in [-0.2, 0) is 6.42 Å². The van der Waals surface area contributed by atoms with Crippen LogP contribution >= 0.6 is 35.6 Å². The molecule has 1 N–H and O–H groups in total. The third kappa shape index (κ3) is 5.67. The van der Waals surface area contributed by atoms with Gasteiger partial charge in [-0.25, -0.2) is 0 Å². The maximum absolute atomic E-state index is 12.7. The van der Waals surface area contributed by atoms with Crippen LogP contribution in [0.5, 0.6) is 11.5 Å². The maximum atomic E-state index is 12.7. The average molecular weight is 446 g/mol. The van der Waals surface area contributed by atoms with Gasteiger partial charge in [0.05, 0.1) is 13.7 Å². The number of amides is 1. The van der Waals surface area contributed by atoms with Crippen LogP contribution in [0.4, 0.5) is 0 Å². The third-order valence-corrected chi connectivity index (χ3v) is 5.05. The molecular formula is C20H23Cl3N2O3. The van der Waals surface area contributed by atoms with Gasteiger partial charge < -0.3 is 19.7 Å². The molecule has 2 aromatic carbocycles. The van der Waals surface area contributed by atoms with Crippen LogP contribution in [-0.4, -0.2) is 50.7 Å². The van der Waals surface area contributed by atoms with E-state index in [1.54, 1.807) is 37.4 Å². The maximum Gasteiger partial charge on any atom is 0.254 e. The number of hydrogen-bond donors (Lipinski definition) is 1. The zero-order chi connectivity index (χ0) is 19.2. The topological polar surface area (TPSA) is 50.8 Å². The summed E-state index contributed by atoms with van der Waals surface area (Å²) >= 11 is 12.1. The first-order valence-electron chi connectivity index (χ1n) is 8.83. The first-order chi connectivity index (χ1) is 13.1. The second-order valence-electron chi connectivity index (χ2n) is 6.24. The van der Waals surface area contributed by atoms with Gasteiger partial charge in [0.1, 0.15) is 0 Å². The van der Waals surface area contributed by atoms with Crippen LogP contribution in [0, 0.1) is 0 Å². The molecular weight excluding hydrogens is 423 g/mol. The van der Waals surface area contributed by atoms with Crippen LogP contribution in [0.3, 0.4) is 0 Å². The van der Waals surface area contributed by atoms with Crippen molar-refractivity contribution in [3.63, 3.8) is 0 Å². The second-order valence-corrected chi connectivity index (χ2v) is 7.09. The summed E-state index contributed by atoms with van der Waals surface area (Å²) in [5.41, 5.74) is 1.55. The van der Waals surface area contributed by atoms with Gasteiger partial charge in [-0.2, -0.15) is 0 Å². The molecule has 1 aliphatic heterocycles. The van der Waals surface area contributed by atoms with E-state index in [-0.39, 0.29) is 18.3 Å². The SMILES string of the molecule is COc1ccc(C(=O)N2CCNCC2)cc1OCCc1ccc(Cl)cc1Cl.Cl. The standard InChI is InChI=1S/C20H22Cl2N2O3.ClH/c1-26-18-5-3-15(20(25)24-9-7-23-8-10-24)12-19(18)27-11-6-14-2-4-16(21)13-17(14)22;/h2-5,12-13,23H,6-11H2,1H3;1H. The molecule has 0 radical (unpaired) electrons. The lowest BCUT2D eigenvalue weighted by atomic mass is 10.1. The summed E-state index contributed by atoms with van der Waals surface area (Å²) in [6.07, 6.45) is 0.620. The zero-order valence-electron chi connectivity index (χ0n) is 15.5. The first-order valence-corrected chi connectivity index (χ1v) is 9.59. The van der Waals surface area contributed by atoms with Gasteiger partial charge in [0.25, 0.3) is 5.91 Å². The molecule has 0 spiro atoms. The average Bonchev–Trinajstić information content (AvgIpc) is 2.69. The molecule has 0 aromatic heterocycles. The molecule has 5 nitrogen and oxygen atoms in total. The van der Waals surface area contributed by atoms with E-state index in [2.05, 4.69) is 5.32 Å². The molecule has 8 heteroatoms. The van der Waals surface area contributed by atoms with Crippen molar-refractivity contribution in [1.82, 2.24) is 10.2 Å². The minimum absolute atomic E-state index is 0. The molecule has 1 heterocycles. The molecule has 1 aliphatic rings. The van der Waals surface area contributed by atoms with Crippen molar-refractivity contribution in [2.24, 2.45) is 0 Å². The summed E-state index contributed by atoms with van der Waals surface area (Å²) in [6.45, 7) is 3.44. The Labute approximate surface area is 181 Å². The third-order valence-electron chi connectivity index (χ3n) is 4.46. The number of carbonyl (C=O) groups excluding carboxylic acids is 1. The molecule has 1 amide bonds. The molecule has 28 heavy (non-hydrogen) atoms. The Hall–Kier alpha value is -1.66. The monoisotopic (exact) mass is 444 g/mol. The van der Waals surface area contributed by atoms with Gasteiger partial charge in [-0.05, 0) is 35.9 Å². The molecule has 3 rings (SSSR count). The smallest absolute Gasteiger partial charge is 0.254 e. The number of hydrogen-bond acceptors (Lipinski definition) is 4. The highest BCUT2D eigenvalue weighted by atomic mass is 35.5. The Balaban J connectivity index is 0.00000280. The summed E-state index contributed by atoms with van der Waals surface area (Å²) < 4.78 is 11.3. The van der Waals surface area contributed by atoms with Gasteiger partial charge in [0.15, 0.2) is 11.5 Å². The summed E-state index contributed by atoms with van der Waals surface area (Å²) in [5.74, 6) is 1.14. The molecule has 1 saturated heterocycles. The van der Waals surface area contributed by atoms with E-state index in [1.165, 1.54) is 0 Å². The second kappa shape index (κ2) is 10.8. The predicted molar refractivity (Wildman–Crippen MR) is 115 cm³/mol. The van der Waals surface area contributed by atoms with Crippen molar-refractivity contribution >= 4 is 41.5 Å². The van der Waals surface area contributed by atoms with Crippen molar-refractivity contribution < 1.29 is 14.3 Å². The van der Waals surface area contributed by atoms with E-state index >= 15 is 0 Å². The number of carbonyl (C=O) groups is 1. The summed E-state index contributed by atoms with van der Waals surface area (Å²) in [4.78, 5) is 14.5. The van der Waals surface area contributed by atoms with Crippen molar-refractivity contribution in [2.45, 2.75) is 6.42 Å². The lowest BCUT2D eigenvalue weighted by Gasteiger charge is -2.27. The number of piperazine rings is 1. The highest BCUT2D eigenvalue weighted by Gasteiger charge is 2.19. The molecule has 0 aliphatic carbocycles. The van der Waals surface area contributed by atoms with Gasteiger partial charge >= 0.3 is 0 Å². The molecule has 0 atom stereocenters. The minimum atomic E-state index is 0. The van der Waals surface area contributed by atoms with E-state index in [1.807, 2.05) is 11.0 Å². The minimum Gasteiger partial charge on any atom is -0.493 e. The molecule has 0 saturated carbocycles. The van der Waals surface area contributed by atoms with Gasteiger partial charge in [0, 0.05) is 48.2 Å². The fourth-order valence-electron chi connectivity index (χ4n) is 2.97. The Kier molecular flexibility index (Phi) is 8.70. The van der Waals surface area contributed by atoms with Crippen LogP contribution in [0.15, 0.2) is 36.4 Å². The fraction of sp³-hybridized carbons (Fsp3) is 0.350. The molecule has 0 unspecified atom stereocenters. The molecule has 2 aromatic rings. The van der Waals surface area contributed by atoms with Crippen molar-refractivity contribution in [1.29, 1.82) is 0 Å². The normalized spacial score (nSPS) is 13.6. The van der Waals surface area contributed by atoms with Crippen molar-refractivity contribution in [3.8, 4) is 11.5 Å². The predicted octanol–water partition coefficient (Wildman–Crippen LogP) is 4.09. The quantitative estimate of drug-likeness (QED) is 0.727. The summed E-state index contributed by atoms with van der Waals surface area (Å²) in [5, 5.41) is 4.46. The van der Waals surface area contributed by atoms with Crippen molar-refractivity contribution in [3.05, 3.63) is 57.6 Å². The first kappa shape index (κ1) is 22.6. The van der Waals surface area contributed by atoms with Crippen LogP contribution in [0.2, 0.25) is 10.0 Å². The van der Waals surface area contributed by atoms with E-state index in [0.717, 1.165) is 18.7 Å². The van der Waals surface area contributed by atoms with Gasteiger partial charge in [-0.3, -0.25) is 4.79 Å². The highest BCUT2D eigenvalue weighted by Crippen LogP contribution is 2.29. The van der Waals surface area contributed by atoms with Crippen LogP contribution < -0.4 is 14.8 Å². The highest BCUT2D eigenvalue weighted by molar-refractivity contribution is 6.35. The van der Waals surface area contributed by atoms with E-state index in [4.69, 9.17) is 32.7 Å².